The number of ether oxygens (including phenoxy) is 3. The molecule has 3 rings (SSSR count). The minimum Gasteiger partial charge on any atom is -0.497 e. The van der Waals surface area contributed by atoms with E-state index in [0.717, 1.165) is 57.4 Å². The third-order valence-electron chi connectivity index (χ3n) is 5.30. The van der Waals surface area contributed by atoms with E-state index in [-0.39, 0.29) is 6.61 Å². The van der Waals surface area contributed by atoms with Crippen LogP contribution in [0.2, 0.25) is 0 Å². The van der Waals surface area contributed by atoms with Crippen molar-refractivity contribution < 1.29 is 19.3 Å². The Hall–Kier alpha value is -2.12. The quantitative estimate of drug-likeness (QED) is 0.610. The van der Waals surface area contributed by atoms with Gasteiger partial charge in [-0.3, -0.25) is 9.80 Å². The van der Waals surface area contributed by atoms with Crippen molar-refractivity contribution in [1.29, 1.82) is 0 Å². The van der Waals surface area contributed by atoms with Crippen molar-refractivity contribution >= 4 is 0 Å². The summed E-state index contributed by atoms with van der Waals surface area (Å²) in [4.78, 5) is 4.74. The van der Waals surface area contributed by atoms with Crippen LogP contribution in [0, 0.1) is 6.92 Å². The number of rotatable bonds is 11. The van der Waals surface area contributed by atoms with Gasteiger partial charge in [0.1, 0.15) is 24.2 Å². The average Bonchev–Trinajstić information content (AvgIpc) is 2.77. The molecule has 0 amide bonds. The summed E-state index contributed by atoms with van der Waals surface area (Å²) in [5.74, 6) is 1.52. The standard InChI is InChI=1S/C24H34N2O4/c1-20-4-3-5-21(16-20)17-26(11-10-25-12-14-29-15-13-25)18-22(27)19-30-24-8-6-23(28-2)7-9-24/h3-9,16,22,27H,10-15,17-19H2,1-2H3/t22-/m0/s1. The summed E-state index contributed by atoms with van der Waals surface area (Å²) in [5, 5.41) is 10.6. The molecule has 6 nitrogen and oxygen atoms in total. The van der Waals surface area contributed by atoms with E-state index in [2.05, 4.69) is 41.0 Å². The van der Waals surface area contributed by atoms with Crippen molar-refractivity contribution in [2.45, 2.75) is 19.6 Å². The first-order chi connectivity index (χ1) is 14.6. The van der Waals surface area contributed by atoms with Crippen LogP contribution in [0.5, 0.6) is 11.5 Å². The fourth-order valence-electron chi connectivity index (χ4n) is 3.63. The first kappa shape index (κ1) is 22.6. The molecule has 0 spiro atoms. The average molecular weight is 415 g/mol. The Balaban J connectivity index is 1.53. The van der Waals surface area contributed by atoms with Gasteiger partial charge in [-0.2, -0.15) is 0 Å². The van der Waals surface area contributed by atoms with E-state index in [4.69, 9.17) is 14.2 Å². The van der Waals surface area contributed by atoms with E-state index in [0.29, 0.717) is 6.54 Å². The molecule has 30 heavy (non-hydrogen) atoms. The maximum Gasteiger partial charge on any atom is 0.119 e. The number of aryl methyl sites for hydroxylation is 1. The van der Waals surface area contributed by atoms with Crippen molar-refractivity contribution in [1.82, 2.24) is 9.80 Å². The molecule has 0 aromatic heterocycles. The molecule has 1 fully saturated rings. The molecule has 0 saturated carbocycles. The number of benzene rings is 2. The van der Waals surface area contributed by atoms with Gasteiger partial charge in [0, 0.05) is 39.3 Å². The molecule has 0 unspecified atom stereocenters. The number of methoxy groups -OCH3 is 1. The van der Waals surface area contributed by atoms with E-state index >= 15 is 0 Å². The molecular weight excluding hydrogens is 380 g/mol. The van der Waals surface area contributed by atoms with Gasteiger partial charge in [0.05, 0.1) is 20.3 Å². The maximum absolute atomic E-state index is 10.6. The normalized spacial score (nSPS) is 15.9. The van der Waals surface area contributed by atoms with E-state index in [1.807, 2.05) is 24.3 Å². The third-order valence-corrected chi connectivity index (χ3v) is 5.30. The Morgan fingerprint density at radius 1 is 1.10 bits per heavy atom. The van der Waals surface area contributed by atoms with Gasteiger partial charge < -0.3 is 19.3 Å². The van der Waals surface area contributed by atoms with Gasteiger partial charge in [-0.25, -0.2) is 0 Å². The molecule has 1 N–H and O–H groups in total. The van der Waals surface area contributed by atoms with Gasteiger partial charge in [0.15, 0.2) is 0 Å². The van der Waals surface area contributed by atoms with Gasteiger partial charge in [0.25, 0.3) is 0 Å². The van der Waals surface area contributed by atoms with Gasteiger partial charge in [-0.1, -0.05) is 29.8 Å². The molecule has 0 bridgehead atoms. The summed E-state index contributed by atoms with van der Waals surface area (Å²) in [6.45, 7) is 9.16. The highest BCUT2D eigenvalue weighted by Crippen LogP contribution is 2.17. The molecular formula is C24H34N2O4. The predicted molar refractivity (Wildman–Crippen MR) is 118 cm³/mol. The van der Waals surface area contributed by atoms with Crippen LogP contribution in [0.25, 0.3) is 0 Å². The van der Waals surface area contributed by atoms with Crippen LogP contribution < -0.4 is 9.47 Å². The number of aliphatic hydroxyl groups excluding tert-OH is 1. The van der Waals surface area contributed by atoms with Crippen molar-refractivity contribution in [3.8, 4) is 11.5 Å². The van der Waals surface area contributed by atoms with Crippen LogP contribution in [0.1, 0.15) is 11.1 Å². The summed E-state index contributed by atoms with van der Waals surface area (Å²) in [7, 11) is 1.64. The minimum atomic E-state index is -0.568. The van der Waals surface area contributed by atoms with E-state index in [1.54, 1.807) is 7.11 Å². The van der Waals surface area contributed by atoms with Crippen LogP contribution in [-0.4, -0.2) is 80.7 Å². The zero-order chi connectivity index (χ0) is 21.2. The number of nitrogens with zero attached hydrogens (tertiary/aromatic N) is 2. The van der Waals surface area contributed by atoms with Crippen LogP contribution in [0.15, 0.2) is 48.5 Å². The zero-order valence-corrected chi connectivity index (χ0v) is 18.1. The lowest BCUT2D eigenvalue weighted by molar-refractivity contribution is 0.0256. The first-order valence-corrected chi connectivity index (χ1v) is 10.7. The fourth-order valence-corrected chi connectivity index (χ4v) is 3.63. The minimum absolute atomic E-state index is 0.258. The van der Waals surface area contributed by atoms with Crippen molar-refractivity contribution in [3.63, 3.8) is 0 Å². The van der Waals surface area contributed by atoms with Gasteiger partial charge >= 0.3 is 0 Å². The van der Waals surface area contributed by atoms with E-state index in [9.17, 15) is 5.11 Å². The smallest absolute Gasteiger partial charge is 0.119 e. The molecule has 0 aliphatic carbocycles. The Labute approximate surface area is 180 Å². The van der Waals surface area contributed by atoms with Gasteiger partial charge in [-0.05, 0) is 36.8 Å². The van der Waals surface area contributed by atoms with E-state index in [1.165, 1.54) is 11.1 Å². The molecule has 1 aliphatic rings. The van der Waals surface area contributed by atoms with Gasteiger partial charge in [0.2, 0.25) is 0 Å². The topological polar surface area (TPSA) is 54.4 Å². The molecule has 164 valence electrons. The molecule has 1 heterocycles. The molecule has 6 heteroatoms. The van der Waals surface area contributed by atoms with Crippen LogP contribution >= 0.6 is 0 Å². The van der Waals surface area contributed by atoms with Crippen molar-refractivity contribution in [2.75, 3.05) is 59.7 Å². The van der Waals surface area contributed by atoms with E-state index < -0.39 is 6.10 Å². The van der Waals surface area contributed by atoms with Gasteiger partial charge in [-0.15, -0.1) is 0 Å². The highest BCUT2D eigenvalue weighted by Gasteiger charge is 2.16. The molecule has 2 aromatic carbocycles. The number of hydrogen-bond acceptors (Lipinski definition) is 6. The highest BCUT2D eigenvalue weighted by atomic mass is 16.5. The summed E-state index contributed by atoms with van der Waals surface area (Å²) < 4.78 is 16.4. The fraction of sp³-hybridized carbons (Fsp3) is 0.500. The van der Waals surface area contributed by atoms with Crippen LogP contribution in [0.4, 0.5) is 0 Å². The third kappa shape index (κ3) is 7.61. The molecule has 1 aliphatic heterocycles. The second kappa shape index (κ2) is 11.9. The Bertz CT molecular complexity index is 747. The summed E-state index contributed by atoms with van der Waals surface area (Å²) in [5.41, 5.74) is 2.52. The second-order valence-corrected chi connectivity index (χ2v) is 7.82. The molecule has 2 aromatic rings. The molecule has 0 radical (unpaired) electrons. The lowest BCUT2D eigenvalue weighted by Crippen LogP contribution is -2.43. The summed E-state index contributed by atoms with van der Waals surface area (Å²) >= 11 is 0. The Morgan fingerprint density at radius 2 is 1.83 bits per heavy atom. The van der Waals surface area contributed by atoms with Crippen molar-refractivity contribution in [2.24, 2.45) is 0 Å². The maximum atomic E-state index is 10.6. The van der Waals surface area contributed by atoms with Crippen LogP contribution in [-0.2, 0) is 11.3 Å². The summed E-state index contributed by atoms with van der Waals surface area (Å²) in [6, 6.07) is 16.0. The van der Waals surface area contributed by atoms with Crippen molar-refractivity contribution in [3.05, 3.63) is 59.7 Å². The lowest BCUT2D eigenvalue weighted by atomic mass is 10.1. The Kier molecular flexibility index (Phi) is 8.96. The Morgan fingerprint density at radius 3 is 2.53 bits per heavy atom. The summed E-state index contributed by atoms with van der Waals surface area (Å²) in [6.07, 6.45) is -0.568. The second-order valence-electron chi connectivity index (χ2n) is 7.82. The molecule has 1 saturated heterocycles. The lowest BCUT2D eigenvalue weighted by Gasteiger charge is -2.31. The number of hydrogen-bond donors (Lipinski definition) is 1. The first-order valence-electron chi connectivity index (χ1n) is 10.7. The highest BCUT2D eigenvalue weighted by molar-refractivity contribution is 5.31. The predicted octanol–water partition coefficient (Wildman–Crippen LogP) is 2.58. The largest absolute Gasteiger partial charge is 0.497 e. The SMILES string of the molecule is COc1ccc(OC[C@@H](O)CN(CCN2CCOCC2)Cc2cccc(C)c2)cc1. The molecule has 1 atom stereocenters. The zero-order valence-electron chi connectivity index (χ0n) is 18.1. The van der Waals surface area contributed by atoms with Crippen LogP contribution in [0.3, 0.4) is 0 Å². The number of aliphatic hydroxyl groups is 1. The monoisotopic (exact) mass is 414 g/mol. The number of morpholine rings is 1.